The normalized spacial score (nSPS) is 11.4. The molecule has 4 nitrogen and oxygen atoms in total. The second-order valence-corrected chi connectivity index (χ2v) is 5.63. The van der Waals surface area contributed by atoms with Crippen LogP contribution in [0.1, 0.15) is 23.2 Å². The van der Waals surface area contributed by atoms with Crippen LogP contribution in [0, 0.1) is 0 Å². The van der Waals surface area contributed by atoms with Gasteiger partial charge in [0, 0.05) is 18.2 Å². The van der Waals surface area contributed by atoms with E-state index in [1.807, 2.05) is 0 Å². The van der Waals surface area contributed by atoms with Crippen molar-refractivity contribution in [3.63, 3.8) is 0 Å². The van der Waals surface area contributed by atoms with Crippen LogP contribution in [0.15, 0.2) is 29.2 Å². The highest BCUT2D eigenvalue weighted by molar-refractivity contribution is 7.90. The molecule has 0 heterocycles. The summed E-state index contributed by atoms with van der Waals surface area (Å²) in [5.74, 6) is -0.00880. The highest BCUT2D eigenvalue weighted by atomic mass is 32.2. The van der Waals surface area contributed by atoms with Crippen molar-refractivity contribution in [1.82, 2.24) is 0 Å². The van der Waals surface area contributed by atoms with E-state index in [1.54, 1.807) is 0 Å². The molecule has 0 radical (unpaired) electrons. The van der Waals surface area contributed by atoms with Crippen LogP contribution in [0.25, 0.3) is 0 Å². The van der Waals surface area contributed by atoms with Crippen LogP contribution in [0.2, 0.25) is 0 Å². The van der Waals surface area contributed by atoms with Gasteiger partial charge in [-0.25, -0.2) is 8.42 Å². The summed E-state index contributed by atoms with van der Waals surface area (Å²) in [5, 5.41) is 0. The summed E-state index contributed by atoms with van der Waals surface area (Å²) in [4.78, 5) is 11.8. The zero-order chi connectivity index (χ0) is 12.2. The van der Waals surface area contributed by atoms with E-state index >= 15 is 0 Å². The van der Waals surface area contributed by atoms with E-state index < -0.39 is 9.84 Å². The summed E-state index contributed by atoms with van der Waals surface area (Å²) >= 11 is 0. The molecule has 88 valence electrons. The van der Waals surface area contributed by atoms with Crippen LogP contribution in [-0.4, -0.2) is 27.0 Å². The van der Waals surface area contributed by atoms with Crippen molar-refractivity contribution in [3.8, 4) is 0 Å². The summed E-state index contributed by atoms with van der Waals surface area (Å²) in [6, 6.07) is 5.97. The maximum Gasteiger partial charge on any atom is 0.175 e. The van der Waals surface area contributed by atoms with Crippen molar-refractivity contribution >= 4 is 15.6 Å². The second kappa shape index (κ2) is 5.23. The van der Waals surface area contributed by atoms with Crippen molar-refractivity contribution in [1.29, 1.82) is 0 Å². The van der Waals surface area contributed by atoms with Crippen LogP contribution in [0.5, 0.6) is 0 Å². The van der Waals surface area contributed by atoms with Gasteiger partial charge in [0.2, 0.25) is 0 Å². The summed E-state index contributed by atoms with van der Waals surface area (Å²) in [5.41, 5.74) is 5.83. The molecule has 1 rings (SSSR count). The molecule has 0 aliphatic rings. The number of hydrogen-bond acceptors (Lipinski definition) is 4. The van der Waals surface area contributed by atoms with Gasteiger partial charge in [0.25, 0.3) is 0 Å². The first-order valence-electron chi connectivity index (χ1n) is 4.98. The summed E-state index contributed by atoms with van der Waals surface area (Å²) in [6.07, 6.45) is 2.18. The molecule has 0 unspecified atom stereocenters. The first-order chi connectivity index (χ1) is 7.45. The van der Waals surface area contributed by atoms with Gasteiger partial charge in [-0.2, -0.15) is 0 Å². The maximum absolute atomic E-state index is 11.6. The lowest BCUT2D eigenvalue weighted by atomic mass is 10.1. The van der Waals surface area contributed by atoms with Gasteiger partial charge in [-0.3, -0.25) is 4.79 Å². The van der Waals surface area contributed by atoms with E-state index in [-0.39, 0.29) is 10.7 Å². The Morgan fingerprint density at radius 3 is 2.25 bits per heavy atom. The number of Topliss-reactive ketones (excluding diaryl/α,β-unsaturated/α-hetero) is 1. The highest BCUT2D eigenvalue weighted by Gasteiger charge is 2.09. The Labute approximate surface area is 95.4 Å². The zero-order valence-corrected chi connectivity index (χ0v) is 9.96. The van der Waals surface area contributed by atoms with E-state index in [1.165, 1.54) is 24.3 Å². The second-order valence-electron chi connectivity index (χ2n) is 3.61. The third-order valence-electron chi connectivity index (χ3n) is 2.21. The van der Waals surface area contributed by atoms with Crippen molar-refractivity contribution in [2.24, 2.45) is 5.73 Å². The number of hydrogen-bond donors (Lipinski definition) is 1. The van der Waals surface area contributed by atoms with Crippen molar-refractivity contribution in [3.05, 3.63) is 29.8 Å². The largest absolute Gasteiger partial charge is 0.330 e. The molecule has 2 N–H and O–H groups in total. The summed E-state index contributed by atoms with van der Waals surface area (Å²) in [7, 11) is -3.19. The fraction of sp³-hybridized carbons (Fsp3) is 0.364. The molecule has 0 amide bonds. The highest BCUT2D eigenvalue weighted by Crippen LogP contribution is 2.12. The number of nitrogens with two attached hydrogens (primary N) is 1. The third-order valence-corrected chi connectivity index (χ3v) is 3.34. The zero-order valence-electron chi connectivity index (χ0n) is 9.14. The Hall–Kier alpha value is -1.20. The SMILES string of the molecule is CS(=O)(=O)c1ccc(C(=O)CCCN)cc1. The minimum absolute atomic E-state index is 0.00880. The van der Waals surface area contributed by atoms with E-state index in [4.69, 9.17) is 5.73 Å². The van der Waals surface area contributed by atoms with Gasteiger partial charge in [0.15, 0.2) is 15.6 Å². The molecule has 5 heteroatoms. The fourth-order valence-electron chi connectivity index (χ4n) is 1.29. The van der Waals surface area contributed by atoms with Crippen LogP contribution in [0.4, 0.5) is 0 Å². The third kappa shape index (κ3) is 3.43. The van der Waals surface area contributed by atoms with Crippen molar-refractivity contribution in [2.75, 3.05) is 12.8 Å². The molecule has 16 heavy (non-hydrogen) atoms. The lowest BCUT2D eigenvalue weighted by Gasteiger charge is -2.01. The molecular weight excluding hydrogens is 226 g/mol. The molecule has 1 aromatic carbocycles. The molecule has 0 aliphatic carbocycles. The van der Waals surface area contributed by atoms with E-state index in [2.05, 4.69) is 0 Å². The minimum Gasteiger partial charge on any atom is -0.330 e. The van der Waals surface area contributed by atoms with Crippen LogP contribution in [-0.2, 0) is 9.84 Å². The Bertz CT molecular complexity index is 463. The van der Waals surface area contributed by atoms with E-state index in [9.17, 15) is 13.2 Å². The molecule has 0 bridgehead atoms. The minimum atomic E-state index is -3.19. The number of carbonyl (C=O) groups excluding carboxylic acids is 1. The lowest BCUT2D eigenvalue weighted by Crippen LogP contribution is -2.05. The molecular formula is C11H15NO3S. The number of carbonyl (C=O) groups is 1. The molecule has 0 aliphatic heterocycles. The number of rotatable bonds is 5. The predicted molar refractivity (Wildman–Crippen MR) is 62.2 cm³/mol. The monoisotopic (exact) mass is 241 g/mol. The van der Waals surface area contributed by atoms with Crippen molar-refractivity contribution < 1.29 is 13.2 Å². The number of sulfone groups is 1. The summed E-state index contributed by atoms with van der Waals surface area (Å²) in [6.45, 7) is 0.479. The summed E-state index contributed by atoms with van der Waals surface area (Å²) < 4.78 is 22.4. The van der Waals surface area contributed by atoms with Gasteiger partial charge in [0.1, 0.15) is 0 Å². The molecule has 0 spiro atoms. The lowest BCUT2D eigenvalue weighted by molar-refractivity contribution is 0.0980. The van der Waals surface area contributed by atoms with Crippen molar-refractivity contribution in [2.45, 2.75) is 17.7 Å². The predicted octanol–water partition coefficient (Wildman–Crippen LogP) is 1.01. The average Bonchev–Trinajstić information content (AvgIpc) is 2.25. The van der Waals surface area contributed by atoms with Gasteiger partial charge in [0.05, 0.1) is 4.90 Å². The Balaban J connectivity index is 2.83. The molecule has 0 aromatic heterocycles. The Morgan fingerprint density at radius 1 is 1.25 bits per heavy atom. The number of benzene rings is 1. The Kier molecular flexibility index (Phi) is 4.20. The Morgan fingerprint density at radius 2 is 1.81 bits per heavy atom. The van der Waals surface area contributed by atoms with Gasteiger partial charge in [-0.1, -0.05) is 12.1 Å². The molecule has 0 saturated carbocycles. The first-order valence-corrected chi connectivity index (χ1v) is 6.87. The topological polar surface area (TPSA) is 77.2 Å². The van der Waals surface area contributed by atoms with Gasteiger partial charge in [-0.15, -0.1) is 0 Å². The van der Waals surface area contributed by atoms with Crippen LogP contribution >= 0.6 is 0 Å². The van der Waals surface area contributed by atoms with E-state index in [0.29, 0.717) is 24.9 Å². The van der Waals surface area contributed by atoms with Gasteiger partial charge < -0.3 is 5.73 Å². The number of ketones is 1. The van der Waals surface area contributed by atoms with Gasteiger partial charge >= 0.3 is 0 Å². The molecule has 0 atom stereocenters. The molecule has 0 saturated heterocycles. The quantitative estimate of drug-likeness (QED) is 0.780. The molecule has 0 fully saturated rings. The average molecular weight is 241 g/mol. The van der Waals surface area contributed by atoms with E-state index in [0.717, 1.165) is 6.26 Å². The molecule has 1 aromatic rings. The van der Waals surface area contributed by atoms with Crippen LogP contribution < -0.4 is 5.73 Å². The maximum atomic E-state index is 11.6. The first kappa shape index (κ1) is 12.9. The standard InChI is InChI=1S/C11H15NO3S/c1-16(14,15)10-6-4-9(5-7-10)11(13)3-2-8-12/h4-7H,2-3,8,12H2,1H3. The van der Waals surface area contributed by atoms with Gasteiger partial charge in [-0.05, 0) is 25.1 Å². The smallest absolute Gasteiger partial charge is 0.175 e. The van der Waals surface area contributed by atoms with Crippen LogP contribution in [0.3, 0.4) is 0 Å². The fourth-order valence-corrected chi connectivity index (χ4v) is 1.93.